The van der Waals surface area contributed by atoms with Gasteiger partial charge >= 0.3 is 6.18 Å². The minimum Gasteiger partial charge on any atom is -0.309 e. The van der Waals surface area contributed by atoms with Crippen molar-refractivity contribution in [1.82, 2.24) is 4.98 Å². The number of carbonyl (C=O) groups is 1. The summed E-state index contributed by atoms with van der Waals surface area (Å²) in [4.78, 5) is 15.4. The van der Waals surface area contributed by atoms with Gasteiger partial charge in [0.1, 0.15) is 0 Å². The highest BCUT2D eigenvalue weighted by atomic mass is 35.5. The molecule has 0 saturated heterocycles. The number of aromatic nitrogens is 1. The van der Waals surface area contributed by atoms with Gasteiger partial charge in [-0.05, 0) is 18.9 Å². The Morgan fingerprint density at radius 3 is 2.64 bits per heavy atom. The summed E-state index contributed by atoms with van der Waals surface area (Å²) in [5, 5.41) is 2.72. The molecule has 1 aromatic heterocycles. The number of anilines is 1. The smallest absolute Gasteiger partial charge is 0.309 e. The normalized spacial score (nSPS) is 16.5. The van der Waals surface area contributed by atoms with E-state index >= 15 is 0 Å². The van der Waals surface area contributed by atoms with E-state index in [1.807, 2.05) is 0 Å². The second-order valence-corrected chi connectivity index (χ2v) is 6.87. The first-order valence-corrected chi connectivity index (χ1v) is 8.43. The Kier molecular flexibility index (Phi) is 5.97. The van der Waals surface area contributed by atoms with Crippen LogP contribution in [-0.2, 0) is 11.0 Å². The zero-order chi connectivity index (χ0) is 16.2. The van der Waals surface area contributed by atoms with E-state index in [0.717, 1.165) is 18.9 Å². The average molecular weight is 353 g/mol. The summed E-state index contributed by atoms with van der Waals surface area (Å²) in [6, 6.07) is 0.762. The zero-order valence-electron chi connectivity index (χ0n) is 11.8. The minimum atomic E-state index is -4.50. The van der Waals surface area contributed by atoms with E-state index in [4.69, 9.17) is 11.6 Å². The van der Waals surface area contributed by atoms with E-state index < -0.39 is 11.7 Å². The van der Waals surface area contributed by atoms with Gasteiger partial charge in [0.2, 0.25) is 5.91 Å². The molecule has 1 amide bonds. The molecule has 0 spiro atoms. The lowest BCUT2D eigenvalue weighted by atomic mass is 10.0. The summed E-state index contributed by atoms with van der Waals surface area (Å²) in [6.07, 6.45) is 1.99. The predicted octanol–water partition coefficient (Wildman–Crippen LogP) is 4.76. The Labute approximate surface area is 136 Å². The molecule has 3 nitrogen and oxygen atoms in total. The minimum absolute atomic E-state index is 0.0380. The quantitative estimate of drug-likeness (QED) is 0.849. The SMILES string of the molecule is O=C(CSC1CCCCC1)Nc1ncc(C(F)(F)F)cc1Cl. The third-order valence-electron chi connectivity index (χ3n) is 3.43. The van der Waals surface area contributed by atoms with Crippen LogP contribution in [0.1, 0.15) is 37.7 Å². The van der Waals surface area contributed by atoms with Gasteiger partial charge in [-0.1, -0.05) is 30.9 Å². The molecule has 1 aliphatic rings. The van der Waals surface area contributed by atoms with Gasteiger partial charge in [0.25, 0.3) is 0 Å². The van der Waals surface area contributed by atoms with Crippen LogP contribution in [0.15, 0.2) is 12.3 Å². The topological polar surface area (TPSA) is 42.0 Å². The molecule has 0 unspecified atom stereocenters. The van der Waals surface area contributed by atoms with Crippen molar-refractivity contribution < 1.29 is 18.0 Å². The number of rotatable bonds is 4. The lowest BCUT2D eigenvalue weighted by molar-refractivity contribution is -0.137. The van der Waals surface area contributed by atoms with Crippen LogP contribution >= 0.6 is 23.4 Å². The predicted molar refractivity (Wildman–Crippen MR) is 82.2 cm³/mol. The summed E-state index contributed by atoms with van der Waals surface area (Å²) in [7, 11) is 0. The molecule has 22 heavy (non-hydrogen) atoms. The molecule has 0 atom stereocenters. The third-order valence-corrected chi connectivity index (χ3v) is 5.09. The van der Waals surface area contributed by atoms with Gasteiger partial charge in [-0.3, -0.25) is 4.79 Å². The monoisotopic (exact) mass is 352 g/mol. The van der Waals surface area contributed by atoms with Crippen molar-refractivity contribution in [1.29, 1.82) is 0 Å². The van der Waals surface area contributed by atoms with E-state index in [-0.39, 0.29) is 22.5 Å². The number of nitrogens with zero attached hydrogens (tertiary/aromatic N) is 1. The van der Waals surface area contributed by atoms with E-state index in [1.165, 1.54) is 19.3 Å². The van der Waals surface area contributed by atoms with Crippen molar-refractivity contribution in [2.75, 3.05) is 11.1 Å². The highest BCUT2D eigenvalue weighted by Crippen LogP contribution is 2.32. The number of thioether (sulfide) groups is 1. The Morgan fingerprint density at radius 1 is 1.36 bits per heavy atom. The molecule has 0 aliphatic heterocycles. The Balaban J connectivity index is 1.88. The van der Waals surface area contributed by atoms with Gasteiger partial charge in [0.15, 0.2) is 5.82 Å². The second kappa shape index (κ2) is 7.55. The zero-order valence-corrected chi connectivity index (χ0v) is 13.3. The molecule has 2 rings (SSSR count). The number of hydrogen-bond donors (Lipinski definition) is 1. The molecule has 1 aromatic rings. The van der Waals surface area contributed by atoms with Crippen LogP contribution in [0, 0.1) is 0 Å². The van der Waals surface area contributed by atoms with E-state index in [2.05, 4.69) is 10.3 Å². The van der Waals surface area contributed by atoms with Crippen LogP contribution in [0.25, 0.3) is 0 Å². The van der Waals surface area contributed by atoms with Crippen LogP contribution in [-0.4, -0.2) is 21.9 Å². The van der Waals surface area contributed by atoms with Crippen LogP contribution in [0.4, 0.5) is 19.0 Å². The van der Waals surface area contributed by atoms with Crippen LogP contribution in [0.2, 0.25) is 5.02 Å². The Hall–Kier alpha value is -0.950. The number of hydrogen-bond acceptors (Lipinski definition) is 3. The molecule has 0 bridgehead atoms. The van der Waals surface area contributed by atoms with Crippen molar-refractivity contribution in [3.8, 4) is 0 Å². The highest BCUT2D eigenvalue weighted by Gasteiger charge is 2.31. The molecular weight excluding hydrogens is 337 g/mol. The first kappa shape index (κ1) is 17.4. The summed E-state index contributed by atoms with van der Waals surface area (Å²) in [5.74, 6) is -0.0856. The highest BCUT2D eigenvalue weighted by molar-refractivity contribution is 8.00. The molecule has 1 saturated carbocycles. The number of pyridine rings is 1. The molecule has 122 valence electrons. The first-order valence-electron chi connectivity index (χ1n) is 7.00. The average Bonchev–Trinajstić information content (AvgIpc) is 2.47. The van der Waals surface area contributed by atoms with E-state index in [0.29, 0.717) is 11.4 Å². The summed E-state index contributed by atoms with van der Waals surface area (Å²) < 4.78 is 37.5. The lowest BCUT2D eigenvalue weighted by Gasteiger charge is -2.20. The molecule has 0 aromatic carbocycles. The van der Waals surface area contributed by atoms with Gasteiger partial charge in [0.05, 0.1) is 16.3 Å². The van der Waals surface area contributed by atoms with Gasteiger partial charge in [-0.2, -0.15) is 13.2 Å². The molecule has 8 heteroatoms. The summed E-state index contributed by atoms with van der Waals surface area (Å²) in [6.45, 7) is 0. The Bertz CT molecular complexity index is 533. The van der Waals surface area contributed by atoms with Gasteiger partial charge < -0.3 is 5.32 Å². The number of halogens is 4. The van der Waals surface area contributed by atoms with Crippen LogP contribution in [0.5, 0.6) is 0 Å². The standard InChI is InChI=1S/C14H16ClF3N2OS/c15-11-6-9(14(16,17)18)7-19-13(11)20-12(21)8-22-10-4-2-1-3-5-10/h6-7,10H,1-5,8H2,(H,19,20,21). The van der Waals surface area contributed by atoms with Crippen molar-refractivity contribution in [3.63, 3.8) is 0 Å². The fraction of sp³-hybridized carbons (Fsp3) is 0.571. The van der Waals surface area contributed by atoms with Gasteiger partial charge in [-0.25, -0.2) is 4.98 Å². The van der Waals surface area contributed by atoms with E-state index in [1.54, 1.807) is 11.8 Å². The summed E-state index contributed by atoms with van der Waals surface area (Å²) in [5.41, 5.74) is -0.938. The fourth-order valence-electron chi connectivity index (χ4n) is 2.28. The summed E-state index contributed by atoms with van der Waals surface area (Å²) >= 11 is 7.32. The number of nitrogens with one attached hydrogen (secondary N) is 1. The van der Waals surface area contributed by atoms with E-state index in [9.17, 15) is 18.0 Å². The van der Waals surface area contributed by atoms with Crippen molar-refractivity contribution in [2.24, 2.45) is 0 Å². The maximum absolute atomic E-state index is 12.5. The second-order valence-electron chi connectivity index (χ2n) is 5.17. The van der Waals surface area contributed by atoms with Crippen molar-refractivity contribution in [2.45, 2.75) is 43.5 Å². The lowest BCUT2D eigenvalue weighted by Crippen LogP contribution is -2.19. The maximum atomic E-state index is 12.5. The van der Waals surface area contributed by atoms with Crippen molar-refractivity contribution >= 4 is 35.1 Å². The van der Waals surface area contributed by atoms with Crippen LogP contribution < -0.4 is 5.32 Å². The third kappa shape index (κ3) is 5.05. The molecule has 1 fully saturated rings. The Morgan fingerprint density at radius 2 is 2.05 bits per heavy atom. The molecular formula is C14H16ClF3N2OS. The fourth-order valence-corrected chi connectivity index (χ4v) is 3.62. The van der Waals surface area contributed by atoms with Crippen LogP contribution in [0.3, 0.4) is 0 Å². The molecule has 1 heterocycles. The number of carbonyl (C=O) groups excluding carboxylic acids is 1. The number of amides is 1. The maximum Gasteiger partial charge on any atom is 0.417 e. The molecule has 0 radical (unpaired) electrons. The first-order chi connectivity index (χ1) is 10.4. The van der Waals surface area contributed by atoms with Gasteiger partial charge in [0, 0.05) is 11.4 Å². The number of alkyl halides is 3. The largest absolute Gasteiger partial charge is 0.417 e. The van der Waals surface area contributed by atoms with Gasteiger partial charge in [-0.15, -0.1) is 11.8 Å². The molecule has 1 N–H and O–H groups in total. The molecule has 1 aliphatic carbocycles. The van der Waals surface area contributed by atoms with Crippen molar-refractivity contribution in [3.05, 3.63) is 22.8 Å².